The lowest BCUT2D eigenvalue weighted by atomic mass is 10.1. The number of amides is 1. The smallest absolute Gasteiger partial charge is 0.244 e. The first-order valence-electron chi connectivity index (χ1n) is 8.71. The first-order chi connectivity index (χ1) is 11.6. The van der Waals surface area contributed by atoms with E-state index in [1.807, 2.05) is 23.6 Å². The van der Waals surface area contributed by atoms with E-state index in [4.69, 9.17) is 4.74 Å². The molecule has 0 aromatic heterocycles. The zero-order chi connectivity index (χ0) is 16.9. The van der Waals surface area contributed by atoms with Crippen molar-refractivity contribution >= 4 is 29.0 Å². The number of aryl methyl sites for hydroxylation is 1. The second kappa shape index (κ2) is 8.12. The van der Waals surface area contributed by atoms with Crippen LogP contribution >= 0.6 is 11.8 Å². The van der Waals surface area contributed by atoms with Crippen LogP contribution in [0.25, 0.3) is 0 Å². The van der Waals surface area contributed by atoms with Crippen LogP contribution in [0.3, 0.4) is 0 Å². The van der Waals surface area contributed by atoms with Gasteiger partial charge in [-0.2, -0.15) is 11.8 Å². The van der Waals surface area contributed by atoms with Crippen LogP contribution in [0.2, 0.25) is 0 Å². The Hall–Kier alpha value is -1.40. The lowest BCUT2D eigenvalue weighted by molar-refractivity contribution is -0.135. The summed E-state index contributed by atoms with van der Waals surface area (Å²) in [4.78, 5) is 16.9. The summed E-state index contributed by atoms with van der Waals surface area (Å²) in [6.45, 7) is 8.93. The fraction of sp³-hybridized carbons (Fsp3) is 0.611. The third kappa shape index (κ3) is 4.16. The number of carbonyl (C=O) groups is 1. The number of ether oxygens (including phenoxy) is 1. The fourth-order valence-electron chi connectivity index (χ4n) is 3.18. The van der Waals surface area contributed by atoms with E-state index in [1.54, 1.807) is 0 Å². The zero-order valence-corrected chi connectivity index (χ0v) is 15.4. The van der Waals surface area contributed by atoms with Gasteiger partial charge in [-0.25, -0.2) is 0 Å². The molecule has 1 N–H and O–H groups in total. The molecule has 5 nitrogen and oxygen atoms in total. The molecule has 1 atom stereocenters. The van der Waals surface area contributed by atoms with Gasteiger partial charge in [-0.15, -0.1) is 0 Å². The molecule has 0 bridgehead atoms. The summed E-state index contributed by atoms with van der Waals surface area (Å²) in [5, 5.41) is 3.38. The van der Waals surface area contributed by atoms with E-state index in [0.717, 1.165) is 18.8 Å². The Balaban J connectivity index is 1.62. The molecule has 24 heavy (non-hydrogen) atoms. The van der Waals surface area contributed by atoms with Gasteiger partial charge in [0.15, 0.2) is 0 Å². The third-order valence-electron chi connectivity index (χ3n) is 4.65. The summed E-state index contributed by atoms with van der Waals surface area (Å²) in [6.07, 6.45) is 0. The molecular formula is C18H27N3O2S. The second-order valence-electron chi connectivity index (χ2n) is 6.40. The van der Waals surface area contributed by atoms with Gasteiger partial charge in [-0.05, 0) is 37.6 Å². The summed E-state index contributed by atoms with van der Waals surface area (Å²) in [5.74, 6) is 2.55. The Morgan fingerprint density at radius 1 is 1.21 bits per heavy atom. The predicted molar refractivity (Wildman–Crippen MR) is 101 cm³/mol. The molecule has 3 rings (SSSR count). The number of hydrogen-bond acceptors (Lipinski definition) is 5. The van der Waals surface area contributed by atoms with Crippen molar-refractivity contribution in [3.63, 3.8) is 0 Å². The number of morpholine rings is 1. The molecule has 0 radical (unpaired) electrons. The molecule has 6 heteroatoms. The minimum absolute atomic E-state index is 0.148. The lowest BCUT2D eigenvalue weighted by Gasteiger charge is -2.31. The summed E-state index contributed by atoms with van der Waals surface area (Å²) in [6, 6.07) is 6.27. The molecule has 132 valence electrons. The van der Waals surface area contributed by atoms with Crippen LogP contribution in [0.1, 0.15) is 12.5 Å². The number of carbonyl (C=O) groups excluding carboxylic acids is 1. The van der Waals surface area contributed by atoms with E-state index in [0.29, 0.717) is 26.3 Å². The molecule has 2 fully saturated rings. The van der Waals surface area contributed by atoms with E-state index in [1.165, 1.54) is 22.8 Å². The van der Waals surface area contributed by atoms with E-state index < -0.39 is 0 Å². The van der Waals surface area contributed by atoms with Gasteiger partial charge < -0.3 is 19.9 Å². The van der Waals surface area contributed by atoms with Crippen molar-refractivity contribution < 1.29 is 9.53 Å². The van der Waals surface area contributed by atoms with E-state index in [2.05, 4.69) is 35.3 Å². The third-order valence-corrected chi connectivity index (χ3v) is 5.59. The highest BCUT2D eigenvalue weighted by Crippen LogP contribution is 2.25. The van der Waals surface area contributed by atoms with Crippen molar-refractivity contribution in [2.24, 2.45) is 0 Å². The van der Waals surface area contributed by atoms with Crippen LogP contribution in [0.5, 0.6) is 0 Å². The number of benzene rings is 1. The van der Waals surface area contributed by atoms with Crippen molar-refractivity contribution in [2.75, 3.05) is 61.1 Å². The highest BCUT2D eigenvalue weighted by Gasteiger charge is 2.22. The van der Waals surface area contributed by atoms with Crippen LogP contribution in [-0.4, -0.2) is 67.7 Å². The number of hydrogen-bond donors (Lipinski definition) is 1. The normalized spacial score (nSPS) is 19.9. The van der Waals surface area contributed by atoms with E-state index in [9.17, 15) is 4.79 Å². The zero-order valence-electron chi connectivity index (χ0n) is 14.6. The van der Waals surface area contributed by atoms with Gasteiger partial charge in [0.25, 0.3) is 0 Å². The first kappa shape index (κ1) is 17.4. The average Bonchev–Trinajstić information content (AvgIpc) is 2.64. The monoisotopic (exact) mass is 349 g/mol. The van der Waals surface area contributed by atoms with Crippen LogP contribution in [0, 0.1) is 6.92 Å². The van der Waals surface area contributed by atoms with Gasteiger partial charge in [0.05, 0.1) is 13.2 Å². The Morgan fingerprint density at radius 2 is 1.92 bits per heavy atom. The van der Waals surface area contributed by atoms with Gasteiger partial charge in [0.2, 0.25) is 5.91 Å². The van der Waals surface area contributed by atoms with Crippen LogP contribution in [-0.2, 0) is 9.53 Å². The highest BCUT2D eigenvalue weighted by atomic mass is 32.2. The van der Waals surface area contributed by atoms with Crippen molar-refractivity contribution in [1.82, 2.24) is 4.90 Å². The molecule has 0 aliphatic carbocycles. The molecule has 1 amide bonds. The largest absolute Gasteiger partial charge is 0.378 e. The summed E-state index contributed by atoms with van der Waals surface area (Å²) in [5.41, 5.74) is 3.51. The van der Waals surface area contributed by atoms with Crippen molar-refractivity contribution in [2.45, 2.75) is 19.9 Å². The number of nitrogens with one attached hydrogen (secondary N) is 1. The summed E-state index contributed by atoms with van der Waals surface area (Å²) in [7, 11) is 0. The maximum Gasteiger partial charge on any atom is 0.244 e. The molecule has 1 unspecified atom stereocenters. The quantitative estimate of drug-likeness (QED) is 0.903. The molecule has 2 saturated heterocycles. The molecule has 2 heterocycles. The van der Waals surface area contributed by atoms with Crippen molar-refractivity contribution in [3.05, 3.63) is 23.8 Å². The molecule has 2 aliphatic heterocycles. The van der Waals surface area contributed by atoms with Gasteiger partial charge in [0, 0.05) is 49.1 Å². The topological polar surface area (TPSA) is 44.8 Å². The van der Waals surface area contributed by atoms with Crippen LogP contribution < -0.4 is 10.2 Å². The number of thioether (sulfide) groups is 1. The van der Waals surface area contributed by atoms with Crippen molar-refractivity contribution in [3.8, 4) is 0 Å². The first-order valence-corrected chi connectivity index (χ1v) is 9.87. The molecule has 0 spiro atoms. The lowest BCUT2D eigenvalue weighted by Crippen LogP contribution is -2.47. The maximum atomic E-state index is 12.5. The van der Waals surface area contributed by atoms with Gasteiger partial charge in [-0.3, -0.25) is 4.79 Å². The highest BCUT2D eigenvalue weighted by molar-refractivity contribution is 7.99. The molecular weight excluding hydrogens is 322 g/mol. The van der Waals surface area contributed by atoms with E-state index >= 15 is 0 Å². The minimum atomic E-state index is -0.223. The molecule has 0 saturated carbocycles. The molecule has 1 aromatic rings. The number of rotatable bonds is 4. The summed E-state index contributed by atoms with van der Waals surface area (Å²) < 4.78 is 5.32. The van der Waals surface area contributed by atoms with Crippen molar-refractivity contribution in [1.29, 1.82) is 0 Å². The number of nitrogens with zero attached hydrogens (tertiary/aromatic N) is 2. The SMILES string of the molecule is Cc1cc(N2CCSCC2)ccc1NC(C)C(=O)N1CCOCC1. The van der Waals surface area contributed by atoms with Crippen LogP contribution in [0.15, 0.2) is 18.2 Å². The second-order valence-corrected chi connectivity index (χ2v) is 7.63. The predicted octanol–water partition coefficient (Wildman–Crippen LogP) is 2.21. The fourth-order valence-corrected chi connectivity index (χ4v) is 4.08. The Bertz CT molecular complexity index is 569. The average molecular weight is 350 g/mol. The molecule has 1 aromatic carbocycles. The Morgan fingerprint density at radius 3 is 2.58 bits per heavy atom. The minimum Gasteiger partial charge on any atom is -0.378 e. The van der Waals surface area contributed by atoms with Crippen LogP contribution in [0.4, 0.5) is 11.4 Å². The van der Waals surface area contributed by atoms with Gasteiger partial charge in [0.1, 0.15) is 6.04 Å². The standard InChI is InChI=1S/C18H27N3O2S/c1-14-13-16(20-7-11-24-12-8-20)3-4-17(14)19-15(2)18(22)21-5-9-23-10-6-21/h3-4,13,15,19H,5-12H2,1-2H3. The molecule has 2 aliphatic rings. The Kier molecular flexibility index (Phi) is 5.89. The van der Waals surface area contributed by atoms with E-state index in [-0.39, 0.29) is 11.9 Å². The maximum absolute atomic E-state index is 12.5. The number of anilines is 2. The van der Waals surface area contributed by atoms with Gasteiger partial charge >= 0.3 is 0 Å². The van der Waals surface area contributed by atoms with Gasteiger partial charge in [-0.1, -0.05) is 0 Å². The summed E-state index contributed by atoms with van der Waals surface area (Å²) >= 11 is 2.02. The Labute approximate surface area is 148 Å².